The SMILES string of the molecule is Cc1nnc(-c2ccc(NCC3COC3)c(NC(=O)CCl)c2)n1COCC[Si](C)(C)C. The van der Waals surface area contributed by atoms with E-state index >= 15 is 0 Å². The van der Waals surface area contributed by atoms with Gasteiger partial charge in [-0.25, -0.2) is 0 Å². The van der Waals surface area contributed by atoms with E-state index in [0.29, 0.717) is 24.2 Å². The number of rotatable bonds is 11. The van der Waals surface area contributed by atoms with Crippen LogP contribution in [0.3, 0.4) is 0 Å². The molecular formula is C21H32ClN5O3Si. The topological polar surface area (TPSA) is 90.3 Å². The number of nitrogens with zero attached hydrogens (tertiary/aromatic N) is 3. The molecule has 0 bridgehead atoms. The van der Waals surface area contributed by atoms with Crippen molar-refractivity contribution in [2.24, 2.45) is 5.92 Å². The first-order chi connectivity index (χ1) is 14.8. The van der Waals surface area contributed by atoms with Crippen LogP contribution in [0.4, 0.5) is 11.4 Å². The average Bonchev–Trinajstić information content (AvgIpc) is 3.04. The lowest BCUT2D eigenvalue weighted by atomic mass is 10.1. The van der Waals surface area contributed by atoms with Crippen LogP contribution in [0, 0.1) is 12.8 Å². The van der Waals surface area contributed by atoms with Crippen molar-refractivity contribution in [1.82, 2.24) is 14.8 Å². The molecule has 31 heavy (non-hydrogen) atoms. The van der Waals surface area contributed by atoms with Gasteiger partial charge in [0, 0.05) is 32.7 Å². The number of carbonyl (C=O) groups excluding carboxylic acids is 1. The quantitative estimate of drug-likeness (QED) is 0.298. The summed E-state index contributed by atoms with van der Waals surface area (Å²) in [4.78, 5) is 12.0. The molecule has 0 unspecified atom stereocenters. The molecule has 2 aromatic rings. The average molecular weight is 466 g/mol. The molecule has 1 aromatic heterocycles. The highest BCUT2D eigenvalue weighted by molar-refractivity contribution is 6.76. The van der Waals surface area contributed by atoms with Crippen LogP contribution in [0.2, 0.25) is 25.7 Å². The molecule has 1 fully saturated rings. The molecule has 170 valence electrons. The number of ether oxygens (including phenoxy) is 2. The van der Waals surface area contributed by atoms with Crippen LogP contribution in [0.15, 0.2) is 18.2 Å². The molecule has 1 saturated heterocycles. The number of nitrogens with one attached hydrogen (secondary N) is 2. The molecule has 10 heteroatoms. The van der Waals surface area contributed by atoms with Crippen molar-refractivity contribution < 1.29 is 14.3 Å². The van der Waals surface area contributed by atoms with Crippen molar-refractivity contribution in [2.75, 3.05) is 42.9 Å². The fourth-order valence-corrected chi connectivity index (χ4v) is 3.89. The molecule has 0 spiro atoms. The summed E-state index contributed by atoms with van der Waals surface area (Å²) in [6.07, 6.45) is 0. The lowest BCUT2D eigenvalue weighted by Crippen LogP contribution is -2.33. The zero-order valence-electron chi connectivity index (χ0n) is 18.7. The smallest absolute Gasteiger partial charge is 0.239 e. The molecule has 1 aromatic carbocycles. The van der Waals surface area contributed by atoms with E-state index in [4.69, 9.17) is 21.1 Å². The van der Waals surface area contributed by atoms with E-state index in [-0.39, 0.29) is 11.8 Å². The van der Waals surface area contributed by atoms with Crippen LogP contribution < -0.4 is 10.6 Å². The molecule has 0 radical (unpaired) electrons. The Morgan fingerprint density at radius 3 is 2.71 bits per heavy atom. The summed E-state index contributed by atoms with van der Waals surface area (Å²) in [5, 5.41) is 14.9. The summed E-state index contributed by atoms with van der Waals surface area (Å²) in [5.41, 5.74) is 2.34. The van der Waals surface area contributed by atoms with Crippen molar-refractivity contribution in [2.45, 2.75) is 39.3 Å². The first-order valence-electron chi connectivity index (χ1n) is 10.6. The molecule has 1 amide bonds. The van der Waals surface area contributed by atoms with Gasteiger partial charge < -0.3 is 20.1 Å². The van der Waals surface area contributed by atoms with Gasteiger partial charge in [0.15, 0.2) is 5.82 Å². The normalized spacial score (nSPS) is 14.4. The maximum absolute atomic E-state index is 12.0. The van der Waals surface area contributed by atoms with Crippen molar-refractivity contribution in [3.8, 4) is 11.4 Å². The van der Waals surface area contributed by atoms with E-state index in [9.17, 15) is 4.79 Å². The second-order valence-electron chi connectivity index (χ2n) is 9.07. The second-order valence-corrected chi connectivity index (χ2v) is 15.0. The molecular weight excluding hydrogens is 434 g/mol. The van der Waals surface area contributed by atoms with Crippen molar-refractivity contribution in [3.63, 3.8) is 0 Å². The number of amides is 1. The Balaban J connectivity index is 1.78. The summed E-state index contributed by atoms with van der Waals surface area (Å²) in [6, 6.07) is 6.91. The minimum Gasteiger partial charge on any atom is -0.383 e. The molecule has 8 nitrogen and oxygen atoms in total. The van der Waals surface area contributed by atoms with Crippen LogP contribution in [-0.2, 0) is 21.0 Å². The molecule has 0 aliphatic carbocycles. The van der Waals surface area contributed by atoms with Crippen molar-refractivity contribution >= 4 is 37.0 Å². The summed E-state index contributed by atoms with van der Waals surface area (Å²) < 4.78 is 13.1. The van der Waals surface area contributed by atoms with Gasteiger partial charge in [0.2, 0.25) is 5.91 Å². The standard InChI is InChI=1S/C21H32ClN5O3Si/c1-15-25-26-21(27(15)14-29-7-8-31(2,3)4)17-5-6-18(23-11-16-12-30-13-16)19(9-17)24-20(28)10-22/h5-6,9,16,23H,7-8,10-14H2,1-4H3,(H,24,28). The number of halogens is 1. The summed E-state index contributed by atoms with van der Waals surface area (Å²) in [6.45, 7) is 12.3. The van der Waals surface area contributed by atoms with Crippen LogP contribution >= 0.6 is 11.6 Å². The van der Waals surface area contributed by atoms with Crippen LogP contribution in [-0.4, -0.2) is 61.0 Å². The Morgan fingerprint density at radius 2 is 2.06 bits per heavy atom. The maximum atomic E-state index is 12.0. The number of alkyl halides is 1. The van der Waals surface area contributed by atoms with Gasteiger partial charge in [-0.2, -0.15) is 0 Å². The monoisotopic (exact) mass is 465 g/mol. The highest BCUT2D eigenvalue weighted by Gasteiger charge is 2.20. The van der Waals surface area contributed by atoms with Crippen LogP contribution in [0.1, 0.15) is 5.82 Å². The summed E-state index contributed by atoms with van der Waals surface area (Å²) >= 11 is 5.71. The van der Waals surface area contributed by atoms with Crippen molar-refractivity contribution in [3.05, 3.63) is 24.0 Å². The highest BCUT2D eigenvalue weighted by atomic mass is 35.5. The first kappa shape index (κ1) is 23.7. The molecule has 1 aliphatic heterocycles. The van der Waals surface area contributed by atoms with Gasteiger partial charge in [-0.1, -0.05) is 19.6 Å². The number of aryl methyl sites for hydroxylation is 1. The van der Waals surface area contributed by atoms with Gasteiger partial charge >= 0.3 is 0 Å². The Labute approximate surface area is 189 Å². The zero-order valence-corrected chi connectivity index (χ0v) is 20.5. The Kier molecular flexibility index (Phi) is 8.10. The largest absolute Gasteiger partial charge is 0.383 e. The van der Waals surface area contributed by atoms with Crippen LogP contribution in [0.5, 0.6) is 0 Å². The molecule has 1 aliphatic rings. The summed E-state index contributed by atoms with van der Waals surface area (Å²) in [7, 11) is -1.15. The van der Waals surface area contributed by atoms with E-state index in [1.165, 1.54) is 0 Å². The van der Waals surface area contributed by atoms with E-state index < -0.39 is 8.07 Å². The summed E-state index contributed by atoms with van der Waals surface area (Å²) in [5.74, 6) is 1.59. The second kappa shape index (κ2) is 10.6. The predicted octanol–water partition coefficient (Wildman–Crippen LogP) is 3.80. The van der Waals surface area contributed by atoms with E-state index in [2.05, 4.69) is 40.5 Å². The molecule has 2 N–H and O–H groups in total. The minimum atomic E-state index is -1.15. The van der Waals surface area contributed by atoms with Gasteiger partial charge in [-0.3, -0.25) is 9.36 Å². The first-order valence-corrected chi connectivity index (χ1v) is 14.8. The third-order valence-corrected chi connectivity index (χ3v) is 7.06. The molecule has 0 saturated carbocycles. The van der Waals surface area contributed by atoms with Gasteiger partial charge in [-0.05, 0) is 31.2 Å². The van der Waals surface area contributed by atoms with Gasteiger partial charge in [0.25, 0.3) is 0 Å². The molecule has 3 rings (SSSR count). The predicted molar refractivity (Wildman–Crippen MR) is 126 cm³/mol. The van der Waals surface area contributed by atoms with Gasteiger partial charge in [-0.15, -0.1) is 21.8 Å². The number of carbonyl (C=O) groups is 1. The Hall–Kier alpha value is -1.94. The number of hydrogen-bond donors (Lipinski definition) is 2. The fourth-order valence-electron chi connectivity index (χ4n) is 3.06. The molecule has 2 heterocycles. The number of hydrogen-bond acceptors (Lipinski definition) is 6. The lowest BCUT2D eigenvalue weighted by molar-refractivity contribution is -0.113. The molecule has 0 atom stereocenters. The van der Waals surface area contributed by atoms with Crippen LogP contribution in [0.25, 0.3) is 11.4 Å². The number of benzene rings is 1. The van der Waals surface area contributed by atoms with E-state index in [0.717, 1.165) is 49.5 Å². The third kappa shape index (κ3) is 6.77. The minimum absolute atomic E-state index is 0.111. The van der Waals surface area contributed by atoms with Gasteiger partial charge in [0.1, 0.15) is 18.4 Å². The van der Waals surface area contributed by atoms with Gasteiger partial charge in [0.05, 0.1) is 24.6 Å². The highest BCUT2D eigenvalue weighted by Crippen LogP contribution is 2.29. The van der Waals surface area contributed by atoms with Crippen molar-refractivity contribution in [1.29, 1.82) is 0 Å². The third-order valence-electron chi connectivity index (χ3n) is 5.11. The van der Waals surface area contributed by atoms with E-state index in [1.807, 2.05) is 29.7 Å². The fraction of sp³-hybridized carbons (Fsp3) is 0.571. The maximum Gasteiger partial charge on any atom is 0.239 e. The Morgan fingerprint density at radius 1 is 1.29 bits per heavy atom. The van der Waals surface area contributed by atoms with E-state index in [1.54, 1.807) is 0 Å². The zero-order chi connectivity index (χ0) is 22.4. The Bertz CT molecular complexity index is 896. The lowest BCUT2D eigenvalue weighted by Gasteiger charge is -2.27. The number of aromatic nitrogens is 3. The number of anilines is 2.